The fourth-order valence-corrected chi connectivity index (χ4v) is 5.34. The Kier molecular flexibility index (Phi) is 7.93. The van der Waals surface area contributed by atoms with Gasteiger partial charge >= 0.3 is 0 Å². The smallest absolute Gasteiger partial charge is 0.293 e. The zero-order valence-electron chi connectivity index (χ0n) is 20.7. The average Bonchev–Trinajstić information content (AvgIpc) is 3.18. The van der Waals surface area contributed by atoms with Crippen LogP contribution in [0.1, 0.15) is 16.7 Å². The van der Waals surface area contributed by atoms with Gasteiger partial charge in [0.05, 0.1) is 11.4 Å². The van der Waals surface area contributed by atoms with Crippen molar-refractivity contribution in [3.63, 3.8) is 0 Å². The van der Waals surface area contributed by atoms with Crippen molar-refractivity contribution in [2.45, 2.75) is 13.5 Å². The van der Waals surface area contributed by atoms with Gasteiger partial charge in [-0.2, -0.15) is 0 Å². The van der Waals surface area contributed by atoms with Gasteiger partial charge in [0.15, 0.2) is 6.61 Å². The second kappa shape index (κ2) is 11.5. The Morgan fingerprint density at radius 3 is 2.62 bits per heavy atom. The minimum atomic E-state index is -0.405. The van der Waals surface area contributed by atoms with Gasteiger partial charge in [-0.05, 0) is 77.0 Å². The van der Waals surface area contributed by atoms with Crippen molar-refractivity contribution in [3.8, 4) is 5.75 Å². The van der Waals surface area contributed by atoms with E-state index in [0.29, 0.717) is 27.0 Å². The molecule has 0 spiro atoms. The van der Waals surface area contributed by atoms with Crippen LogP contribution in [0.5, 0.6) is 5.75 Å². The number of imide groups is 1. The predicted octanol–water partition coefficient (Wildman–Crippen LogP) is 7.71. The number of aryl methyl sites for hydroxylation is 1. The number of anilines is 1. The molecule has 5 rings (SSSR count). The highest BCUT2D eigenvalue weighted by atomic mass is 35.5. The van der Waals surface area contributed by atoms with Crippen LogP contribution in [0.4, 0.5) is 10.5 Å². The normalized spacial score (nSPS) is 14.3. The second-order valence-electron chi connectivity index (χ2n) is 8.89. The molecule has 1 saturated heterocycles. The third-order valence-electron chi connectivity index (χ3n) is 6.15. The van der Waals surface area contributed by atoms with Gasteiger partial charge in [0.2, 0.25) is 0 Å². The summed E-state index contributed by atoms with van der Waals surface area (Å²) in [7, 11) is 0. The molecule has 4 aromatic rings. The van der Waals surface area contributed by atoms with Gasteiger partial charge in [0.1, 0.15) is 5.75 Å². The van der Waals surface area contributed by atoms with Crippen molar-refractivity contribution in [3.05, 3.63) is 111 Å². The topological polar surface area (TPSA) is 75.7 Å². The van der Waals surface area contributed by atoms with Crippen LogP contribution >= 0.6 is 35.0 Å². The number of fused-ring (bicyclic) bond motifs is 1. The molecule has 1 aliphatic rings. The number of carbonyl (C=O) groups excluding carboxylic acids is 3. The van der Waals surface area contributed by atoms with Crippen molar-refractivity contribution < 1.29 is 19.1 Å². The molecule has 0 saturated carbocycles. The van der Waals surface area contributed by atoms with Gasteiger partial charge in [-0.1, -0.05) is 71.7 Å². The van der Waals surface area contributed by atoms with Gasteiger partial charge in [-0.3, -0.25) is 19.3 Å². The lowest BCUT2D eigenvalue weighted by molar-refractivity contribution is -0.123. The number of nitrogens with one attached hydrogen (secondary N) is 1. The number of rotatable bonds is 7. The van der Waals surface area contributed by atoms with Crippen LogP contribution in [0.15, 0.2) is 83.8 Å². The zero-order valence-corrected chi connectivity index (χ0v) is 23.1. The van der Waals surface area contributed by atoms with E-state index in [1.165, 1.54) is 4.90 Å². The molecular weight excluding hydrogens is 555 g/mol. The SMILES string of the molecule is Cc1ccc(NC(=O)COc2ccc(Cl)cc2/C=C2\SC(=O)N(Cc3cccc4ccccc34)C2=O)cc1Cl. The third-order valence-corrected chi connectivity index (χ3v) is 7.70. The molecule has 0 unspecified atom stereocenters. The monoisotopic (exact) mass is 576 g/mol. The van der Waals surface area contributed by atoms with E-state index in [1.807, 2.05) is 55.5 Å². The fourth-order valence-electron chi connectivity index (χ4n) is 4.15. The minimum Gasteiger partial charge on any atom is -0.483 e. The van der Waals surface area contributed by atoms with E-state index in [4.69, 9.17) is 27.9 Å². The molecule has 4 aromatic carbocycles. The van der Waals surface area contributed by atoms with Crippen LogP contribution in [0.2, 0.25) is 10.0 Å². The zero-order chi connectivity index (χ0) is 27.5. The summed E-state index contributed by atoms with van der Waals surface area (Å²) in [6, 6.07) is 23.7. The van der Waals surface area contributed by atoms with Crippen LogP contribution in [0, 0.1) is 6.92 Å². The van der Waals surface area contributed by atoms with Crippen LogP contribution in [0.3, 0.4) is 0 Å². The van der Waals surface area contributed by atoms with Crippen LogP contribution < -0.4 is 10.1 Å². The van der Waals surface area contributed by atoms with Gasteiger partial charge in [-0.25, -0.2) is 0 Å². The molecule has 196 valence electrons. The summed E-state index contributed by atoms with van der Waals surface area (Å²) < 4.78 is 5.76. The number of nitrogens with zero attached hydrogens (tertiary/aromatic N) is 1. The Hall–Kier alpha value is -3.78. The number of ether oxygens (including phenoxy) is 1. The molecule has 0 radical (unpaired) electrons. The highest BCUT2D eigenvalue weighted by Gasteiger charge is 2.35. The molecule has 3 amide bonds. The Morgan fingerprint density at radius 2 is 1.79 bits per heavy atom. The molecule has 9 heteroatoms. The fraction of sp³-hybridized carbons (Fsp3) is 0.100. The number of carbonyl (C=O) groups is 3. The molecule has 6 nitrogen and oxygen atoms in total. The average molecular weight is 577 g/mol. The molecule has 0 aromatic heterocycles. The van der Waals surface area contributed by atoms with Gasteiger partial charge < -0.3 is 10.1 Å². The predicted molar refractivity (Wildman–Crippen MR) is 157 cm³/mol. The summed E-state index contributed by atoms with van der Waals surface area (Å²) in [5.41, 5.74) is 2.81. The molecule has 0 bridgehead atoms. The Bertz CT molecular complexity index is 1650. The number of hydrogen-bond donors (Lipinski definition) is 1. The highest BCUT2D eigenvalue weighted by Crippen LogP contribution is 2.36. The first kappa shape index (κ1) is 26.8. The number of benzene rings is 4. The Balaban J connectivity index is 1.32. The standard InChI is InChI=1S/C30H22Cl2N2O4S/c1-18-9-11-23(15-25(18)32)33-28(35)17-38-26-12-10-22(31)13-21(26)14-27-29(36)34(30(37)39-27)16-20-7-4-6-19-5-2-3-8-24(19)20/h2-15H,16-17H2,1H3,(H,33,35)/b27-14-. The molecule has 1 N–H and O–H groups in total. The summed E-state index contributed by atoms with van der Waals surface area (Å²) >= 11 is 13.2. The Labute approximate surface area is 239 Å². The largest absolute Gasteiger partial charge is 0.483 e. The third kappa shape index (κ3) is 6.11. The molecule has 0 atom stereocenters. The van der Waals surface area contributed by atoms with E-state index in [9.17, 15) is 14.4 Å². The van der Waals surface area contributed by atoms with E-state index < -0.39 is 5.91 Å². The second-order valence-corrected chi connectivity index (χ2v) is 10.7. The maximum atomic E-state index is 13.2. The van der Waals surface area contributed by atoms with Gasteiger partial charge in [-0.15, -0.1) is 0 Å². The van der Waals surface area contributed by atoms with Gasteiger partial charge in [0.25, 0.3) is 17.1 Å². The molecule has 1 aliphatic heterocycles. The summed E-state index contributed by atoms with van der Waals surface area (Å²) in [5, 5.41) is 5.36. The number of amides is 3. The summed E-state index contributed by atoms with van der Waals surface area (Å²) in [6.07, 6.45) is 1.56. The van der Waals surface area contributed by atoms with Crippen molar-refractivity contribution in [1.29, 1.82) is 0 Å². The lowest BCUT2D eigenvalue weighted by Gasteiger charge is -2.14. The summed E-state index contributed by atoms with van der Waals surface area (Å²) in [5.74, 6) is -0.443. The van der Waals surface area contributed by atoms with Gasteiger partial charge in [0, 0.05) is 21.3 Å². The highest BCUT2D eigenvalue weighted by molar-refractivity contribution is 8.18. The van der Waals surface area contributed by atoms with Crippen molar-refractivity contribution >= 4 is 74.6 Å². The van der Waals surface area contributed by atoms with E-state index in [-0.39, 0.29) is 29.2 Å². The number of hydrogen-bond acceptors (Lipinski definition) is 5. The number of halogens is 2. The van der Waals surface area contributed by atoms with E-state index in [2.05, 4.69) is 5.32 Å². The molecule has 1 fully saturated rings. The number of thioether (sulfide) groups is 1. The van der Waals surface area contributed by atoms with Crippen LogP contribution in [-0.4, -0.2) is 28.6 Å². The lowest BCUT2D eigenvalue weighted by atomic mass is 10.0. The van der Waals surface area contributed by atoms with Crippen LogP contribution in [0.25, 0.3) is 16.8 Å². The van der Waals surface area contributed by atoms with Crippen LogP contribution in [-0.2, 0) is 16.1 Å². The summed E-state index contributed by atoms with van der Waals surface area (Å²) in [4.78, 5) is 40.0. The van der Waals surface area contributed by atoms with Crippen molar-refractivity contribution in [1.82, 2.24) is 4.90 Å². The van der Waals surface area contributed by atoms with Crippen molar-refractivity contribution in [2.24, 2.45) is 0 Å². The van der Waals surface area contributed by atoms with E-state index >= 15 is 0 Å². The minimum absolute atomic E-state index is 0.158. The molecule has 1 heterocycles. The lowest BCUT2D eigenvalue weighted by Crippen LogP contribution is -2.27. The molecule has 39 heavy (non-hydrogen) atoms. The molecule has 0 aliphatic carbocycles. The maximum absolute atomic E-state index is 13.2. The first-order valence-electron chi connectivity index (χ1n) is 12.0. The van der Waals surface area contributed by atoms with E-state index in [0.717, 1.165) is 33.7 Å². The first-order valence-corrected chi connectivity index (χ1v) is 13.6. The van der Waals surface area contributed by atoms with E-state index in [1.54, 1.807) is 36.4 Å². The summed E-state index contributed by atoms with van der Waals surface area (Å²) in [6.45, 7) is 1.75. The maximum Gasteiger partial charge on any atom is 0.293 e. The first-order chi connectivity index (χ1) is 18.8. The van der Waals surface area contributed by atoms with Crippen molar-refractivity contribution in [2.75, 3.05) is 11.9 Å². The quantitative estimate of drug-likeness (QED) is 0.228. The molecular formula is C30H22Cl2N2O4S. The Morgan fingerprint density at radius 1 is 1.00 bits per heavy atom.